The average Bonchev–Trinajstić information content (AvgIpc) is 2.94. The van der Waals surface area contributed by atoms with Crippen molar-refractivity contribution in [2.75, 3.05) is 18.6 Å². The third-order valence-corrected chi connectivity index (χ3v) is 4.59. The molecule has 0 spiro atoms. The van der Waals surface area contributed by atoms with Crippen LogP contribution >= 0.6 is 11.3 Å². The molecular weight excluding hydrogens is 284 g/mol. The van der Waals surface area contributed by atoms with Gasteiger partial charge < -0.3 is 9.64 Å². The fourth-order valence-electron chi connectivity index (χ4n) is 2.65. The molecule has 1 aliphatic rings. The highest BCUT2D eigenvalue weighted by molar-refractivity contribution is 7.13. The lowest BCUT2D eigenvalue weighted by atomic mass is 10.00. The van der Waals surface area contributed by atoms with Gasteiger partial charge in [-0.2, -0.15) is 0 Å². The quantitative estimate of drug-likeness (QED) is 0.816. The van der Waals surface area contributed by atoms with Gasteiger partial charge in [0, 0.05) is 17.6 Å². The molecule has 1 aliphatic heterocycles. The molecule has 0 saturated heterocycles. The molecule has 0 aliphatic carbocycles. The van der Waals surface area contributed by atoms with E-state index in [0.29, 0.717) is 0 Å². The Balaban J connectivity index is 1.87. The number of carbonyl (C=O) groups is 1. The number of rotatable bonds is 3. The van der Waals surface area contributed by atoms with E-state index in [9.17, 15) is 4.79 Å². The molecule has 110 valence electrons. The molecule has 3 rings (SSSR count). The maximum Gasteiger partial charge on any atom is 0.311 e. The molecule has 21 heavy (non-hydrogen) atoms. The van der Waals surface area contributed by atoms with Gasteiger partial charge >= 0.3 is 5.97 Å². The largest absolute Gasteiger partial charge is 0.469 e. The topological polar surface area (TPSA) is 42.4 Å². The van der Waals surface area contributed by atoms with E-state index in [1.165, 1.54) is 23.9 Å². The van der Waals surface area contributed by atoms with Crippen molar-refractivity contribution in [2.45, 2.75) is 26.2 Å². The Labute approximate surface area is 128 Å². The van der Waals surface area contributed by atoms with Crippen LogP contribution in [0.25, 0.3) is 0 Å². The summed E-state index contributed by atoms with van der Waals surface area (Å²) < 4.78 is 4.69. The van der Waals surface area contributed by atoms with Gasteiger partial charge in [0.2, 0.25) is 0 Å². The third-order valence-electron chi connectivity index (χ3n) is 3.68. The highest BCUT2D eigenvalue weighted by atomic mass is 32.1. The van der Waals surface area contributed by atoms with Gasteiger partial charge in [-0.3, -0.25) is 4.79 Å². The molecular formula is C16H18N2O2S. The molecule has 0 atom stereocenters. The minimum absolute atomic E-state index is 0.238. The summed E-state index contributed by atoms with van der Waals surface area (Å²) in [5.74, 6) is -0.249. The van der Waals surface area contributed by atoms with E-state index in [-0.39, 0.29) is 12.4 Å². The summed E-state index contributed by atoms with van der Waals surface area (Å²) in [7, 11) is 1.40. The molecule has 0 fully saturated rings. The summed E-state index contributed by atoms with van der Waals surface area (Å²) in [6.07, 6.45) is 2.48. The number of nitrogens with zero attached hydrogens (tertiary/aromatic N) is 2. The van der Waals surface area contributed by atoms with Gasteiger partial charge in [-0.05, 0) is 31.4 Å². The Kier molecular flexibility index (Phi) is 3.92. The number of carbonyl (C=O) groups excluding carboxylic acids is 1. The second-order valence-electron chi connectivity index (χ2n) is 5.26. The predicted molar refractivity (Wildman–Crippen MR) is 84.3 cm³/mol. The molecule has 4 nitrogen and oxygen atoms in total. The first-order valence-electron chi connectivity index (χ1n) is 7.05. The van der Waals surface area contributed by atoms with Crippen LogP contribution in [-0.4, -0.2) is 24.6 Å². The van der Waals surface area contributed by atoms with Gasteiger partial charge in [0.05, 0.1) is 19.2 Å². The molecule has 5 heteroatoms. The van der Waals surface area contributed by atoms with Crippen molar-refractivity contribution in [3.05, 3.63) is 40.4 Å². The van der Waals surface area contributed by atoms with Crippen LogP contribution in [0.2, 0.25) is 0 Å². The number of benzene rings is 1. The Bertz CT molecular complexity index is 666. The van der Waals surface area contributed by atoms with E-state index >= 15 is 0 Å². The first-order chi connectivity index (χ1) is 10.2. The van der Waals surface area contributed by atoms with Crippen LogP contribution in [-0.2, 0) is 22.4 Å². The molecule has 2 aromatic rings. The highest BCUT2D eigenvalue weighted by Crippen LogP contribution is 2.35. The smallest absolute Gasteiger partial charge is 0.311 e. The second-order valence-corrected chi connectivity index (χ2v) is 6.10. The standard InChI is InChI=1S/C16H18N2O2S/c1-11-5-6-14-12(8-11)4-3-7-18(14)16-17-13(10-21-16)9-15(19)20-2/h5-6,8,10H,3-4,7,9H2,1-2H3. The van der Waals surface area contributed by atoms with Crippen LogP contribution < -0.4 is 4.90 Å². The predicted octanol–water partition coefficient (Wildman–Crippen LogP) is 3.25. The number of aromatic nitrogens is 1. The zero-order valence-electron chi connectivity index (χ0n) is 12.3. The second kappa shape index (κ2) is 5.85. The summed E-state index contributed by atoms with van der Waals surface area (Å²) >= 11 is 1.58. The van der Waals surface area contributed by atoms with E-state index < -0.39 is 0 Å². The normalized spacial score (nSPS) is 13.9. The Morgan fingerprint density at radius 1 is 1.48 bits per heavy atom. The molecule has 1 aromatic carbocycles. The third kappa shape index (κ3) is 2.93. The summed E-state index contributed by atoms with van der Waals surface area (Å²) in [5, 5.41) is 2.90. The zero-order valence-corrected chi connectivity index (χ0v) is 13.1. The molecule has 1 aromatic heterocycles. The summed E-state index contributed by atoms with van der Waals surface area (Å²) in [6.45, 7) is 3.10. The van der Waals surface area contributed by atoms with Crippen LogP contribution in [0.15, 0.2) is 23.6 Å². The minimum atomic E-state index is -0.249. The van der Waals surface area contributed by atoms with Gasteiger partial charge in [0.15, 0.2) is 5.13 Å². The number of esters is 1. The van der Waals surface area contributed by atoms with E-state index in [4.69, 9.17) is 4.74 Å². The minimum Gasteiger partial charge on any atom is -0.469 e. The van der Waals surface area contributed by atoms with E-state index in [2.05, 4.69) is 35.0 Å². The van der Waals surface area contributed by atoms with Gasteiger partial charge in [-0.15, -0.1) is 11.3 Å². The SMILES string of the molecule is COC(=O)Cc1csc(N2CCCc3cc(C)ccc32)n1. The van der Waals surface area contributed by atoms with Gasteiger partial charge in [-0.1, -0.05) is 17.7 Å². The van der Waals surface area contributed by atoms with Crippen LogP contribution in [0.5, 0.6) is 0 Å². The number of ether oxygens (including phenoxy) is 1. The van der Waals surface area contributed by atoms with Crippen molar-refractivity contribution < 1.29 is 9.53 Å². The van der Waals surface area contributed by atoms with Crippen LogP contribution in [0.4, 0.5) is 10.8 Å². The van der Waals surface area contributed by atoms with Gasteiger partial charge in [-0.25, -0.2) is 4.98 Å². The number of hydrogen-bond donors (Lipinski definition) is 0. The molecule has 2 heterocycles. The van der Waals surface area contributed by atoms with Gasteiger partial charge in [0.1, 0.15) is 0 Å². The fraction of sp³-hybridized carbons (Fsp3) is 0.375. The number of thiazole rings is 1. The zero-order chi connectivity index (χ0) is 14.8. The van der Waals surface area contributed by atoms with Crippen molar-refractivity contribution >= 4 is 28.1 Å². The summed E-state index contributed by atoms with van der Waals surface area (Å²) in [4.78, 5) is 18.2. The summed E-state index contributed by atoms with van der Waals surface area (Å²) in [6, 6.07) is 6.57. The molecule has 0 N–H and O–H groups in total. The highest BCUT2D eigenvalue weighted by Gasteiger charge is 2.21. The Hall–Kier alpha value is -1.88. The lowest BCUT2D eigenvalue weighted by Crippen LogP contribution is -2.24. The first-order valence-corrected chi connectivity index (χ1v) is 7.93. The van der Waals surface area contributed by atoms with E-state index in [1.807, 2.05) is 5.38 Å². The van der Waals surface area contributed by atoms with Crippen LogP contribution in [0.1, 0.15) is 23.2 Å². The lowest BCUT2D eigenvalue weighted by Gasteiger charge is -2.29. The molecule has 0 unspecified atom stereocenters. The van der Waals surface area contributed by atoms with E-state index in [0.717, 1.165) is 30.2 Å². The lowest BCUT2D eigenvalue weighted by molar-refractivity contribution is -0.139. The molecule has 0 radical (unpaired) electrons. The van der Waals surface area contributed by atoms with Crippen molar-refractivity contribution in [1.29, 1.82) is 0 Å². The average molecular weight is 302 g/mol. The van der Waals surface area contributed by atoms with Crippen molar-refractivity contribution in [2.24, 2.45) is 0 Å². The maximum atomic E-state index is 11.3. The summed E-state index contributed by atoms with van der Waals surface area (Å²) in [5.41, 5.74) is 4.69. The van der Waals surface area contributed by atoms with Gasteiger partial charge in [0.25, 0.3) is 0 Å². The number of hydrogen-bond acceptors (Lipinski definition) is 5. The number of anilines is 2. The molecule has 0 saturated carbocycles. The molecule has 0 amide bonds. The Morgan fingerprint density at radius 2 is 2.33 bits per heavy atom. The fourth-order valence-corrected chi connectivity index (χ4v) is 3.51. The molecule has 0 bridgehead atoms. The van der Waals surface area contributed by atoms with Crippen LogP contribution in [0, 0.1) is 6.92 Å². The maximum absolute atomic E-state index is 11.3. The first kappa shape index (κ1) is 14.1. The van der Waals surface area contributed by atoms with Crippen LogP contribution in [0.3, 0.4) is 0 Å². The Morgan fingerprint density at radius 3 is 3.14 bits per heavy atom. The van der Waals surface area contributed by atoms with E-state index in [1.54, 1.807) is 11.3 Å². The number of methoxy groups -OCH3 is 1. The number of fused-ring (bicyclic) bond motifs is 1. The van der Waals surface area contributed by atoms with Crippen molar-refractivity contribution in [3.63, 3.8) is 0 Å². The number of aryl methyl sites for hydroxylation is 2. The van der Waals surface area contributed by atoms with Crippen molar-refractivity contribution in [3.8, 4) is 0 Å². The monoisotopic (exact) mass is 302 g/mol. The van der Waals surface area contributed by atoms with Crippen molar-refractivity contribution in [1.82, 2.24) is 4.98 Å².